The summed E-state index contributed by atoms with van der Waals surface area (Å²) in [6.45, 7) is 11.2. The molecule has 21 heavy (non-hydrogen) atoms. The molecule has 0 saturated carbocycles. The van der Waals surface area contributed by atoms with Crippen LogP contribution in [0.1, 0.15) is 40.5 Å². The van der Waals surface area contributed by atoms with Crippen molar-refractivity contribution >= 4 is 11.9 Å². The average Bonchev–Trinajstić information content (AvgIpc) is 2.36. The lowest BCUT2D eigenvalue weighted by molar-refractivity contribution is -0.140. The van der Waals surface area contributed by atoms with Gasteiger partial charge in [0.15, 0.2) is 0 Å². The van der Waals surface area contributed by atoms with Crippen molar-refractivity contribution < 1.29 is 14.3 Å². The van der Waals surface area contributed by atoms with Crippen LogP contribution >= 0.6 is 0 Å². The topological polar surface area (TPSA) is 49.9 Å². The molecule has 0 fully saturated rings. The third-order valence-electron chi connectivity index (χ3n) is 3.08. The molecule has 124 valence electrons. The van der Waals surface area contributed by atoms with E-state index < -0.39 is 0 Å². The van der Waals surface area contributed by atoms with Gasteiger partial charge in [0.2, 0.25) is 5.91 Å². The molecule has 0 aliphatic carbocycles. The number of hydrogen-bond acceptors (Lipinski definition) is 4. The second-order valence-corrected chi connectivity index (χ2v) is 6.50. The number of rotatable bonds is 10. The minimum atomic E-state index is -0.198. The van der Waals surface area contributed by atoms with Gasteiger partial charge < -0.3 is 9.64 Å². The molecule has 0 atom stereocenters. The van der Waals surface area contributed by atoms with Crippen LogP contribution in [-0.2, 0) is 14.3 Å². The fourth-order valence-corrected chi connectivity index (χ4v) is 2.17. The molecule has 0 heterocycles. The molecule has 0 aromatic heterocycles. The number of nitrogens with zero attached hydrogens (tertiary/aromatic N) is 2. The van der Waals surface area contributed by atoms with Crippen LogP contribution in [0.15, 0.2) is 0 Å². The van der Waals surface area contributed by atoms with Crippen molar-refractivity contribution in [1.29, 1.82) is 0 Å². The first-order chi connectivity index (χ1) is 9.76. The Morgan fingerprint density at radius 3 is 2.00 bits per heavy atom. The van der Waals surface area contributed by atoms with Crippen molar-refractivity contribution in [3.05, 3.63) is 0 Å². The fourth-order valence-electron chi connectivity index (χ4n) is 2.17. The monoisotopic (exact) mass is 300 g/mol. The Balaban J connectivity index is 4.23. The molecule has 1 amide bonds. The van der Waals surface area contributed by atoms with Gasteiger partial charge in [0.05, 0.1) is 13.7 Å². The quantitative estimate of drug-likeness (QED) is 0.579. The SMILES string of the molecule is COC(=O)CCCN(C)CC(=O)N(CC(C)C)CC(C)C. The summed E-state index contributed by atoms with van der Waals surface area (Å²) in [5.74, 6) is 0.906. The lowest BCUT2D eigenvalue weighted by atomic mass is 10.1. The van der Waals surface area contributed by atoms with Gasteiger partial charge in [0.1, 0.15) is 0 Å². The summed E-state index contributed by atoms with van der Waals surface area (Å²) in [7, 11) is 3.31. The van der Waals surface area contributed by atoms with Crippen LogP contribution in [0, 0.1) is 11.8 Å². The second kappa shape index (κ2) is 10.6. The molecule has 0 unspecified atom stereocenters. The van der Waals surface area contributed by atoms with Gasteiger partial charge in [0.25, 0.3) is 0 Å². The largest absolute Gasteiger partial charge is 0.469 e. The molecular formula is C16H32N2O3. The van der Waals surface area contributed by atoms with E-state index in [9.17, 15) is 9.59 Å². The third kappa shape index (κ3) is 10.3. The van der Waals surface area contributed by atoms with Gasteiger partial charge in [-0.2, -0.15) is 0 Å². The normalized spacial score (nSPS) is 11.3. The molecule has 0 aromatic carbocycles. The van der Waals surface area contributed by atoms with Crippen LogP contribution in [0.3, 0.4) is 0 Å². The first kappa shape index (κ1) is 19.9. The van der Waals surface area contributed by atoms with E-state index in [1.54, 1.807) is 0 Å². The van der Waals surface area contributed by atoms with Gasteiger partial charge in [-0.1, -0.05) is 27.7 Å². The van der Waals surface area contributed by atoms with E-state index in [2.05, 4.69) is 32.4 Å². The van der Waals surface area contributed by atoms with E-state index in [4.69, 9.17) is 0 Å². The highest BCUT2D eigenvalue weighted by Crippen LogP contribution is 2.05. The van der Waals surface area contributed by atoms with Crippen LogP contribution in [0.2, 0.25) is 0 Å². The van der Waals surface area contributed by atoms with E-state index in [-0.39, 0.29) is 11.9 Å². The predicted molar refractivity (Wildman–Crippen MR) is 85.0 cm³/mol. The van der Waals surface area contributed by atoms with Crippen LogP contribution in [-0.4, -0.2) is 62.0 Å². The van der Waals surface area contributed by atoms with Crippen molar-refractivity contribution in [3.8, 4) is 0 Å². The number of carbonyl (C=O) groups excluding carboxylic acids is 2. The Hall–Kier alpha value is -1.10. The lowest BCUT2D eigenvalue weighted by Crippen LogP contribution is -2.42. The zero-order valence-corrected chi connectivity index (χ0v) is 14.5. The predicted octanol–water partition coefficient (Wildman–Crippen LogP) is 2.01. The van der Waals surface area contributed by atoms with Crippen molar-refractivity contribution in [2.45, 2.75) is 40.5 Å². The number of amides is 1. The fraction of sp³-hybridized carbons (Fsp3) is 0.875. The van der Waals surface area contributed by atoms with Gasteiger partial charge in [-0.05, 0) is 31.8 Å². The summed E-state index contributed by atoms with van der Waals surface area (Å²) in [5.41, 5.74) is 0. The molecular weight excluding hydrogens is 268 g/mol. The van der Waals surface area contributed by atoms with Crippen LogP contribution in [0.25, 0.3) is 0 Å². The standard InChI is InChI=1S/C16H32N2O3/c1-13(2)10-18(11-14(3)4)15(19)12-17(5)9-7-8-16(20)21-6/h13-14H,7-12H2,1-6H3. The first-order valence-electron chi connectivity index (χ1n) is 7.79. The van der Waals surface area contributed by atoms with Gasteiger partial charge in [-0.15, -0.1) is 0 Å². The molecule has 0 rings (SSSR count). The number of likely N-dealkylation sites (N-methyl/N-ethyl adjacent to an activating group) is 1. The Labute approximate surface area is 129 Å². The third-order valence-corrected chi connectivity index (χ3v) is 3.08. The Morgan fingerprint density at radius 2 is 1.57 bits per heavy atom. The maximum atomic E-state index is 12.4. The minimum Gasteiger partial charge on any atom is -0.469 e. The Morgan fingerprint density at radius 1 is 1.05 bits per heavy atom. The molecule has 0 radical (unpaired) electrons. The highest BCUT2D eigenvalue weighted by atomic mass is 16.5. The number of esters is 1. The van der Waals surface area contributed by atoms with Crippen molar-refractivity contribution in [2.24, 2.45) is 11.8 Å². The molecule has 5 nitrogen and oxygen atoms in total. The van der Waals surface area contributed by atoms with E-state index in [0.717, 1.165) is 19.6 Å². The van der Waals surface area contributed by atoms with E-state index in [1.807, 2.05) is 16.8 Å². The molecule has 0 aliphatic heterocycles. The van der Waals surface area contributed by atoms with E-state index >= 15 is 0 Å². The molecule has 0 spiro atoms. The lowest BCUT2D eigenvalue weighted by Gasteiger charge is -2.28. The van der Waals surface area contributed by atoms with Gasteiger partial charge >= 0.3 is 5.97 Å². The van der Waals surface area contributed by atoms with Crippen molar-refractivity contribution in [1.82, 2.24) is 9.80 Å². The summed E-state index contributed by atoms with van der Waals surface area (Å²) in [6.07, 6.45) is 1.11. The first-order valence-corrected chi connectivity index (χ1v) is 7.79. The summed E-state index contributed by atoms with van der Waals surface area (Å²) in [6, 6.07) is 0. The minimum absolute atomic E-state index is 0.165. The molecule has 0 bridgehead atoms. The maximum Gasteiger partial charge on any atom is 0.305 e. The van der Waals surface area contributed by atoms with Crippen LogP contribution < -0.4 is 0 Å². The highest BCUT2D eigenvalue weighted by Gasteiger charge is 2.17. The van der Waals surface area contributed by atoms with E-state index in [1.165, 1.54) is 7.11 Å². The van der Waals surface area contributed by atoms with E-state index in [0.29, 0.717) is 31.2 Å². The molecule has 0 aliphatic rings. The molecule has 0 aromatic rings. The zero-order chi connectivity index (χ0) is 16.4. The molecule has 0 N–H and O–H groups in total. The summed E-state index contributed by atoms with van der Waals surface area (Å²) in [4.78, 5) is 27.3. The number of carbonyl (C=O) groups is 2. The van der Waals surface area contributed by atoms with Crippen LogP contribution in [0.4, 0.5) is 0 Å². The summed E-state index contributed by atoms with van der Waals surface area (Å²) < 4.78 is 4.61. The molecule has 0 saturated heterocycles. The highest BCUT2D eigenvalue weighted by molar-refractivity contribution is 5.78. The van der Waals surface area contributed by atoms with Crippen molar-refractivity contribution in [2.75, 3.05) is 40.3 Å². The second-order valence-electron chi connectivity index (χ2n) is 6.50. The van der Waals surface area contributed by atoms with Gasteiger partial charge in [-0.25, -0.2) is 0 Å². The van der Waals surface area contributed by atoms with Crippen molar-refractivity contribution in [3.63, 3.8) is 0 Å². The number of methoxy groups -OCH3 is 1. The number of hydrogen-bond donors (Lipinski definition) is 0. The molecule has 5 heteroatoms. The van der Waals surface area contributed by atoms with Gasteiger partial charge in [0, 0.05) is 19.5 Å². The average molecular weight is 300 g/mol. The maximum absolute atomic E-state index is 12.4. The summed E-state index contributed by atoms with van der Waals surface area (Å²) in [5, 5.41) is 0. The number of ether oxygens (including phenoxy) is 1. The zero-order valence-electron chi connectivity index (χ0n) is 14.5. The Kier molecular flexibility index (Phi) is 10.0. The van der Waals surface area contributed by atoms with Gasteiger partial charge in [-0.3, -0.25) is 14.5 Å². The Bertz CT molecular complexity index is 307. The van der Waals surface area contributed by atoms with Crippen LogP contribution in [0.5, 0.6) is 0 Å². The smallest absolute Gasteiger partial charge is 0.305 e. The summed E-state index contributed by atoms with van der Waals surface area (Å²) >= 11 is 0.